The molecule has 0 saturated heterocycles. The highest BCUT2D eigenvalue weighted by atomic mass is 16.2. The maximum atomic E-state index is 12.8. The van der Waals surface area contributed by atoms with Crippen molar-refractivity contribution in [2.45, 2.75) is 34.2 Å². The molecule has 1 amide bonds. The molecule has 0 aliphatic carbocycles. The fourth-order valence-electron chi connectivity index (χ4n) is 3.31. The van der Waals surface area contributed by atoms with Gasteiger partial charge in [-0.25, -0.2) is 4.68 Å². The lowest BCUT2D eigenvalue weighted by molar-refractivity contribution is 0.102. The van der Waals surface area contributed by atoms with Crippen LogP contribution in [0.5, 0.6) is 0 Å². The largest absolute Gasteiger partial charge is 0.372 e. The molecule has 0 unspecified atom stereocenters. The zero-order chi connectivity index (χ0) is 21.7. The first-order valence-corrected chi connectivity index (χ1v) is 10.2. The Hall–Kier alpha value is -3.41. The van der Waals surface area contributed by atoms with Gasteiger partial charge in [0.15, 0.2) is 0 Å². The van der Waals surface area contributed by atoms with Crippen LogP contribution in [0, 0.1) is 13.8 Å². The van der Waals surface area contributed by atoms with Crippen molar-refractivity contribution in [2.75, 3.05) is 23.3 Å². The molecule has 0 spiro atoms. The van der Waals surface area contributed by atoms with E-state index in [0.29, 0.717) is 6.54 Å². The first kappa shape index (κ1) is 21.3. The molecule has 0 aliphatic heterocycles. The predicted octanol–water partition coefficient (Wildman–Crippen LogP) is 4.01. The van der Waals surface area contributed by atoms with Crippen LogP contribution in [0.1, 0.15) is 41.0 Å². The third-order valence-electron chi connectivity index (χ3n) is 5.14. The van der Waals surface area contributed by atoms with Crippen molar-refractivity contribution >= 4 is 17.3 Å². The maximum Gasteiger partial charge on any atom is 0.276 e. The smallest absolute Gasteiger partial charge is 0.276 e. The summed E-state index contributed by atoms with van der Waals surface area (Å²) in [4.78, 5) is 27.2. The van der Waals surface area contributed by atoms with E-state index < -0.39 is 0 Å². The van der Waals surface area contributed by atoms with E-state index in [9.17, 15) is 9.59 Å². The van der Waals surface area contributed by atoms with Gasteiger partial charge in [0.2, 0.25) is 0 Å². The van der Waals surface area contributed by atoms with Gasteiger partial charge in [0.1, 0.15) is 5.69 Å². The maximum absolute atomic E-state index is 12.8. The molecule has 6 heteroatoms. The Morgan fingerprint density at radius 2 is 1.70 bits per heavy atom. The van der Waals surface area contributed by atoms with Crippen molar-refractivity contribution in [2.24, 2.45) is 0 Å². The van der Waals surface area contributed by atoms with E-state index in [1.54, 1.807) is 0 Å². The fourth-order valence-corrected chi connectivity index (χ4v) is 3.31. The number of aromatic nitrogens is 2. The van der Waals surface area contributed by atoms with Gasteiger partial charge in [-0.1, -0.05) is 29.8 Å². The van der Waals surface area contributed by atoms with Gasteiger partial charge in [-0.2, -0.15) is 5.10 Å². The van der Waals surface area contributed by atoms with E-state index in [4.69, 9.17) is 0 Å². The lowest BCUT2D eigenvalue weighted by Gasteiger charge is -2.22. The molecule has 0 fully saturated rings. The van der Waals surface area contributed by atoms with E-state index in [1.165, 1.54) is 16.8 Å². The number of nitrogens with one attached hydrogen (secondary N) is 1. The number of carbonyl (C=O) groups is 1. The second-order valence-corrected chi connectivity index (χ2v) is 7.33. The second-order valence-electron chi connectivity index (χ2n) is 7.33. The normalized spacial score (nSPS) is 10.7. The number of anilines is 2. The molecule has 1 N–H and O–H groups in total. The van der Waals surface area contributed by atoms with Gasteiger partial charge < -0.3 is 10.2 Å². The van der Waals surface area contributed by atoms with Gasteiger partial charge in [-0.05, 0) is 63.1 Å². The molecular weight excluding hydrogens is 376 g/mol. The minimum absolute atomic E-state index is 0.203. The molecule has 1 aromatic heterocycles. The van der Waals surface area contributed by atoms with E-state index >= 15 is 0 Å². The van der Waals surface area contributed by atoms with Crippen LogP contribution < -0.4 is 15.8 Å². The molecule has 0 atom stereocenters. The van der Waals surface area contributed by atoms with Crippen molar-refractivity contribution in [3.8, 4) is 0 Å². The Kier molecular flexibility index (Phi) is 6.67. The van der Waals surface area contributed by atoms with Gasteiger partial charge in [0, 0.05) is 30.5 Å². The number of rotatable bonds is 7. The van der Waals surface area contributed by atoms with E-state index in [-0.39, 0.29) is 17.2 Å². The Bertz CT molecular complexity index is 1080. The standard InChI is InChI=1S/C24H28N4O2/c1-5-27(6-2)20-11-12-21(18(4)15-20)25-24(30)22-13-14-23(29)28(26-22)16-19-9-7-17(3)8-10-19/h7-15H,5-6,16H2,1-4H3,(H,25,30). The minimum atomic E-state index is -0.341. The van der Waals surface area contributed by atoms with E-state index in [2.05, 4.69) is 35.2 Å². The van der Waals surface area contributed by atoms with Gasteiger partial charge in [-0.15, -0.1) is 0 Å². The Balaban J connectivity index is 1.79. The third-order valence-corrected chi connectivity index (χ3v) is 5.14. The molecule has 2 aromatic carbocycles. The topological polar surface area (TPSA) is 67.2 Å². The molecule has 0 radical (unpaired) electrons. The van der Waals surface area contributed by atoms with Gasteiger partial charge >= 0.3 is 0 Å². The lowest BCUT2D eigenvalue weighted by Crippen LogP contribution is -2.26. The number of amides is 1. The molecule has 3 rings (SSSR count). The summed E-state index contributed by atoms with van der Waals surface area (Å²) >= 11 is 0. The highest BCUT2D eigenvalue weighted by molar-refractivity contribution is 6.03. The monoisotopic (exact) mass is 404 g/mol. The van der Waals surface area contributed by atoms with Crippen LogP contribution in [0.15, 0.2) is 59.4 Å². The first-order valence-electron chi connectivity index (χ1n) is 10.2. The number of aryl methyl sites for hydroxylation is 2. The summed E-state index contributed by atoms with van der Waals surface area (Å²) in [6, 6.07) is 16.7. The van der Waals surface area contributed by atoms with Crippen molar-refractivity contribution in [1.29, 1.82) is 0 Å². The predicted molar refractivity (Wildman–Crippen MR) is 121 cm³/mol. The van der Waals surface area contributed by atoms with Gasteiger partial charge in [0.25, 0.3) is 11.5 Å². The SMILES string of the molecule is CCN(CC)c1ccc(NC(=O)c2ccc(=O)n(Cc3ccc(C)cc3)n2)c(C)c1. The summed E-state index contributed by atoms with van der Waals surface area (Å²) in [5.74, 6) is -0.341. The molecule has 30 heavy (non-hydrogen) atoms. The number of hydrogen-bond acceptors (Lipinski definition) is 4. The molecule has 0 aliphatic rings. The van der Waals surface area contributed by atoms with Crippen LogP contribution in [0.3, 0.4) is 0 Å². The van der Waals surface area contributed by atoms with E-state index in [0.717, 1.165) is 41.2 Å². The third kappa shape index (κ3) is 4.95. The molecule has 0 bridgehead atoms. The van der Waals surface area contributed by atoms with Crippen molar-refractivity contribution in [3.05, 3.63) is 87.3 Å². The summed E-state index contributed by atoms with van der Waals surface area (Å²) in [7, 11) is 0. The van der Waals surface area contributed by atoms with E-state index in [1.807, 2.05) is 50.2 Å². The van der Waals surface area contributed by atoms with Crippen LogP contribution in [0.25, 0.3) is 0 Å². The fraction of sp³-hybridized carbons (Fsp3) is 0.292. The quantitative estimate of drug-likeness (QED) is 0.646. The molecule has 3 aromatic rings. The molecular formula is C24H28N4O2. The molecule has 156 valence electrons. The number of nitrogens with zero attached hydrogens (tertiary/aromatic N) is 3. The van der Waals surface area contributed by atoms with Crippen LogP contribution in [0.2, 0.25) is 0 Å². The average molecular weight is 405 g/mol. The number of carbonyl (C=O) groups excluding carboxylic acids is 1. The zero-order valence-corrected chi connectivity index (χ0v) is 18.0. The van der Waals surface area contributed by atoms with Gasteiger partial charge in [0.05, 0.1) is 6.54 Å². The minimum Gasteiger partial charge on any atom is -0.372 e. The highest BCUT2D eigenvalue weighted by Crippen LogP contribution is 2.23. The summed E-state index contributed by atoms with van der Waals surface area (Å²) in [5, 5.41) is 7.18. The van der Waals surface area contributed by atoms with Crippen LogP contribution in [0.4, 0.5) is 11.4 Å². The summed E-state index contributed by atoms with van der Waals surface area (Å²) in [5.41, 5.74) is 4.89. The van der Waals surface area contributed by atoms with Crippen molar-refractivity contribution in [3.63, 3.8) is 0 Å². The summed E-state index contributed by atoms with van der Waals surface area (Å²) < 4.78 is 1.32. The Morgan fingerprint density at radius 3 is 2.33 bits per heavy atom. The van der Waals surface area contributed by atoms with Crippen molar-refractivity contribution < 1.29 is 4.79 Å². The highest BCUT2D eigenvalue weighted by Gasteiger charge is 2.13. The Morgan fingerprint density at radius 1 is 1.00 bits per heavy atom. The second kappa shape index (κ2) is 9.39. The van der Waals surface area contributed by atoms with Crippen LogP contribution >= 0.6 is 0 Å². The Labute approximate surface area is 177 Å². The first-order chi connectivity index (χ1) is 14.4. The summed E-state index contributed by atoms with van der Waals surface area (Å²) in [6.45, 7) is 10.4. The average Bonchev–Trinajstić information content (AvgIpc) is 2.74. The lowest BCUT2D eigenvalue weighted by atomic mass is 10.1. The number of hydrogen-bond donors (Lipinski definition) is 1. The van der Waals surface area contributed by atoms with Crippen LogP contribution in [-0.4, -0.2) is 28.8 Å². The van der Waals surface area contributed by atoms with Gasteiger partial charge in [-0.3, -0.25) is 9.59 Å². The zero-order valence-electron chi connectivity index (χ0n) is 18.0. The molecule has 0 saturated carbocycles. The van der Waals surface area contributed by atoms with Crippen molar-refractivity contribution in [1.82, 2.24) is 9.78 Å². The number of benzene rings is 2. The molecule has 6 nitrogen and oxygen atoms in total. The van der Waals surface area contributed by atoms with Crippen LogP contribution in [-0.2, 0) is 6.54 Å². The molecule has 1 heterocycles. The summed E-state index contributed by atoms with van der Waals surface area (Å²) in [6.07, 6.45) is 0.